The van der Waals surface area contributed by atoms with Crippen molar-refractivity contribution in [3.63, 3.8) is 0 Å². The van der Waals surface area contributed by atoms with Crippen molar-refractivity contribution < 1.29 is 0 Å². The summed E-state index contributed by atoms with van der Waals surface area (Å²) in [6, 6.07) is 94.3. The van der Waals surface area contributed by atoms with Crippen LogP contribution in [0.15, 0.2) is 261 Å². The summed E-state index contributed by atoms with van der Waals surface area (Å²) in [5.41, 5.74) is 14.8. The van der Waals surface area contributed by atoms with E-state index in [0.717, 1.165) is 50.8 Å². The molecule has 306 valence electrons. The molecule has 0 saturated heterocycles. The summed E-state index contributed by atoms with van der Waals surface area (Å²) in [6.45, 7) is 0. The van der Waals surface area contributed by atoms with E-state index in [1.54, 1.807) is 0 Å². The van der Waals surface area contributed by atoms with Gasteiger partial charge in [0.2, 0.25) is 0 Å². The molecule has 0 bridgehead atoms. The third-order valence-electron chi connectivity index (χ3n) is 12.7. The first-order valence-electron chi connectivity index (χ1n) is 22.3. The van der Waals surface area contributed by atoms with Gasteiger partial charge in [-0.25, -0.2) is 0 Å². The number of anilines is 6. The van der Waals surface area contributed by atoms with Gasteiger partial charge in [0.05, 0.1) is 22.4 Å². The fourth-order valence-electron chi connectivity index (χ4n) is 9.80. The number of benzene rings is 11. The van der Waals surface area contributed by atoms with Gasteiger partial charge in [0.15, 0.2) is 0 Å². The number of aromatic nitrogens is 1. The molecule has 65 heavy (non-hydrogen) atoms. The minimum Gasteiger partial charge on any atom is -0.310 e. The van der Waals surface area contributed by atoms with Crippen LogP contribution >= 0.6 is 0 Å². The Morgan fingerprint density at radius 2 is 0.631 bits per heavy atom. The minimum atomic E-state index is 1.09. The van der Waals surface area contributed by atoms with Gasteiger partial charge in [-0.2, -0.15) is 0 Å². The third kappa shape index (κ3) is 6.70. The molecule has 0 aliphatic carbocycles. The first kappa shape index (κ1) is 38.0. The van der Waals surface area contributed by atoms with E-state index in [1.165, 1.54) is 54.6 Å². The Labute approximate surface area is 378 Å². The quantitative estimate of drug-likeness (QED) is 0.144. The van der Waals surface area contributed by atoms with Crippen molar-refractivity contribution in [1.29, 1.82) is 0 Å². The van der Waals surface area contributed by atoms with E-state index in [0.29, 0.717) is 0 Å². The van der Waals surface area contributed by atoms with E-state index >= 15 is 0 Å². The molecule has 0 saturated carbocycles. The van der Waals surface area contributed by atoms with Crippen LogP contribution in [0, 0.1) is 0 Å². The van der Waals surface area contributed by atoms with E-state index < -0.39 is 0 Å². The van der Waals surface area contributed by atoms with Crippen molar-refractivity contribution in [3.8, 4) is 27.9 Å². The highest BCUT2D eigenvalue weighted by Crippen LogP contribution is 2.49. The number of rotatable bonds is 9. The molecule has 0 fully saturated rings. The molecule has 3 heteroatoms. The van der Waals surface area contributed by atoms with Crippen molar-refractivity contribution in [2.24, 2.45) is 0 Å². The number of hydrogen-bond acceptors (Lipinski definition) is 2. The van der Waals surface area contributed by atoms with Gasteiger partial charge in [-0.1, -0.05) is 182 Å². The Morgan fingerprint density at radius 3 is 1.17 bits per heavy atom. The molecule has 12 rings (SSSR count). The molecule has 0 aliphatic heterocycles. The van der Waals surface area contributed by atoms with Gasteiger partial charge in [0.1, 0.15) is 0 Å². The maximum Gasteiger partial charge on any atom is 0.0568 e. The fourth-order valence-corrected chi connectivity index (χ4v) is 9.80. The van der Waals surface area contributed by atoms with Crippen LogP contribution in [0.2, 0.25) is 0 Å². The molecule has 0 atom stereocenters. The average molecular weight is 830 g/mol. The normalized spacial score (nSPS) is 11.4. The van der Waals surface area contributed by atoms with Gasteiger partial charge >= 0.3 is 0 Å². The molecule has 3 nitrogen and oxygen atoms in total. The smallest absolute Gasteiger partial charge is 0.0568 e. The van der Waals surface area contributed by atoms with Gasteiger partial charge in [0, 0.05) is 50.0 Å². The lowest BCUT2D eigenvalue weighted by molar-refractivity contribution is 1.18. The molecule has 0 radical (unpaired) electrons. The van der Waals surface area contributed by atoms with E-state index in [2.05, 4.69) is 275 Å². The largest absolute Gasteiger partial charge is 0.310 e. The van der Waals surface area contributed by atoms with Crippen molar-refractivity contribution in [2.45, 2.75) is 0 Å². The highest BCUT2D eigenvalue weighted by Gasteiger charge is 2.24. The van der Waals surface area contributed by atoms with E-state index in [-0.39, 0.29) is 0 Å². The maximum atomic E-state index is 2.46. The Morgan fingerprint density at radius 1 is 0.246 bits per heavy atom. The van der Waals surface area contributed by atoms with Crippen LogP contribution in [-0.4, -0.2) is 4.57 Å². The Bertz CT molecular complexity index is 3580. The Balaban J connectivity index is 1.12. The van der Waals surface area contributed by atoms with Crippen molar-refractivity contribution >= 4 is 77.5 Å². The van der Waals surface area contributed by atoms with E-state index in [1.807, 2.05) is 0 Å². The van der Waals surface area contributed by atoms with Crippen LogP contribution in [0.1, 0.15) is 0 Å². The molecule has 1 aromatic heterocycles. The minimum absolute atomic E-state index is 1.09. The lowest BCUT2D eigenvalue weighted by Gasteiger charge is -2.27. The van der Waals surface area contributed by atoms with Crippen molar-refractivity contribution in [3.05, 3.63) is 261 Å². The van der Waals surface area contributed by atoms with Crippen LogP contribution in [0.3, 0.4) is 0 Å². The number of para-hydroxylation sites is 3. The summed E-state index contributed by atoms with van der Waals surface area (Å²) in [4.78, 5) is 4.82. The first-order valence-corrected chi connectivity index (χ1v) is 22.3. The van der Waals surface area contributed by atoms with Crippen molar-refractivity contribution in [2.75, 3.05) is 9.80 Å². The first-order chi connectivity index (χ1) is 32.3. The highest BCUT2D eigenvalue weighted by molar-refractivity contribution is 6.31. The Hall–Kier alpha value is -8.66. The average Bonchev–Trinajstić information content (AvgIpc) is 3.73. The zero-order chi connectivity index (χ0) is 43.1. The van der Waals surface area contributed by atoms with Crippen LogP contribution in [0.4, 0.5) is 34.1 Å². The van der Waals surface area contributed by atoms with Gasteiger partial charge in [-0.05, 0) is 112 Å². The maximum absolute atomic E-state index is 2.46. The molecule has 0 aliphatic rings. The predicted molar refractivity (Wildman–Crippen MR) is 276 cm³/mol. The lowest BCUT2D eigenvalue weighted by Crippen LogP contribution is -2.10. The predicted octanol–water partition coefficient (Wildman–Crippen LogP) is 17.4. The molecule has 11 aromatic carbocycles. The van der Waals surface area contributed by atoms with Gasteiger partial charge in [-0.15, -0.1) is 0 Å². The topological polar surface area (TPSA) is 11.4 Å². The van der Waals surface area contributed by atoms with Crippen molar-refractivity contribution in [1.82, 2.24) is 4.57 Å². The zero-order valence-electron chi connectivity index (χ0n) is 35.7. The standard InChI is InChI=1S/C62H43N3/c1-6-19-44(20-7-1)46-33-37-51(38-34-46)63(48-23-10-3-11-24-48)57-32-18-31-56-54(57)41-42-58-61(56)62-55-30-17-16-29-53(55)59(43-60(62)65(58)50-27-14-5-15-28-50)64(49-25-12-4-13-26-49)52-39-35-47(36-40-52)45-21-8-2-9-22-45/h1-43H. The lowest BCUT2D eigenvalue weighted by atomic mass is 9.97. The van der Waals surface area contributed by atoms with Crippen LogP contribution < -0.4 is 9.80 Å². The van der Waals surface area contributed by atoms with E-state index in [9.17, 15) is 0 Å². The zero-order valence-corrected chi connectivity index (χ0v) is 35.7. The highest BCUT2D eigenvalue weighted by atomic mass is 15.2. The van der Waals surface area contributed by atoms with Crippen LogP contribution in [0.5, 0.6) is 0 Å². The second kappa shape index (κ2) is 16.2. The summed E-state index contributed by atoms with van der Waals surface area (Å²) < 4.78 is 2.46. The molecular formula is C62H43N3. The van der Waals surface area contributed by atoms with Gasteiger partial charge in [-0.3, -0.25) is 0 Å². The fraction of sp³-hybridized carbons (Fsp3) is 0. The second-order valence-electron chi connectivity index (χ2n) is 16.5. The van der Waals surface area contributed by atoms with Crippen LogP contribution in [0.25, 0.3) is 71.3 Å². The molecular weight excluding hydrogens is 787 g/mol. The summed E-state index contributed by atoms with van der Waals surface area (Å²) in [5.74, 6) is 0. The summed E-state index contributed by atoms with van der Waals surface area (Å²) in [7, 11) is 0. The van der Waals surface area contributed by atoms with Crippen LogP contribution in [-0.2, 0) is 0 Å². The molecule has 0 amide bonds. The molecule has 1 heterocycles. The Kier molecular flexibility index (Phi) is 9.50. The summed E-state index contributed by atoms with van der Waals surface area (Å²) >= 11 is 0. The molecule has 0 N–H and O–H groups in total. The second-order valence-corrected chi connectivity index (χ2v) is 16.5. The SMILES string of the molecule is c1ccc(-c2ccc(N(c3ccccc3)c3cccc4c3ccc3c4c4c5ccccc5c(N(c5ccccc5)c5ccc(-c6ccccc6)cc5)cc4n3-c3ccccc3)cc2)cc1. The van der Waals surface area contributed by atoms with E-state index in [4.69, 9.17) is 0 Å². The third-order valence-corrected chi connectivity index (χ3v) is 12.7. The molecule has 12 aromatic rings. The van der Waals surface area contributed by atoms with Gasteiger partial charge in [0.25, 0.3) is 0 Å². The summed E-state index contributed by atoms with van der Waals surface area (Å²) in [6.07, 6.45) is 0. The molecule has 0 spiro atoms. The number of hydrogen-bond donors (Lipinski definition) is 0. The van der Waals surface area contributed by atoms with Gasteiger partial charge < -0.3 is 14.4 Å². The number of fused-ring (bicyclic) bond motifs is 7. The number of nitrogens with zero attached hydrogens (tertiary/aromatic N) is 3. The summed E-state index contributed by atoms with van der Waals surface area (Å²) in [5, 5.41) is 7.24. The molecule has 0 unspecified atom stereocenters. The monoisotopic (exact) mass is 829 g/mol.